The Morgan fingerprint density at radius 3 is 2.71 bits per heavy atom. The topological polar surface area (TPSA) is 27.0 Å². The Morgan fingerprint density at radius 2 is 1.90 bits per heavy atom. The molecule has 0 aliphatic carbocycles. The molecule has 0 amide bonds. The number of fused-ring (bicyclic) bond motifs is 1. The highest BCUT2D eigenvalue weighted by Gasteiger charge is 2.21. The van der Waals surface area contributed by atoms with Crippen LogP contribution in [0.3, 0.4) is 0 Å². The Kier molecular flexibility index (Phi) is 4.54. The highest BCUT2D eigenvalue weighted by Crippen LogP contribution is 2.35. The zero-order valence-corrected chi connectivity index (χ0v) is 13.1. The Labute approximate surface area is 128 Å². The lowest BCUT2D eigenvalue weighted by atomic mass is 9.78. The van der Waals surface area contributed by atoms with Crippen molar-refractivity contribution in [2.75, 3.05) is 6.54 Å². The summed E-state index contributed by atoms with van der Waals surface area (Å²) in [6.07, 6.45) is 6.82. The largest absolute Gasteiger partial charge is 0.659 e. The van der Waals surface area contributed by atoms with Crippen LogP contribution >= 0.6 is 0 Å². The van der Waals surface area contributed by atoms with Crippen LogP contribution in [0.5, 0.6) is 0 Å². The minimum atomic E-state index is 0.489. The Morgan fingerprint density at radius 1 is 1.10 bits per heavy atom. The monoisotopic (exact) mass is 281 g/mol. The molecule has 0 N–H and O–H groups in total. The summed E-state index contributed by atoms with van der Waals surface area (Å²) in [6.45, 7) is 5.69. The number of para-hydroxylation sites is 1. The van der Waals surface area contributed by atoms with Crippen LogP contribution in [0, 0.1) is 11.8 Å². The number of benzene rings is 1. The van der Waals surface area contributed by atoms with Crippen LogP contribution in [0.2, 0.25) is 0 Å². The summed E-state index contributed by atoms with van der Waals surface area (Å²) in [7, 11) is 0. The first-order chi connectivity index (χ1) is 10.3. The molecule has 0 spiro atoms. The SMILES string of the molecule is CC[C@H]1C[N-][C@@H](Cc2ccnc3ccccc23)C[C@@H]1CC. The van der Waals surface area contributed by atoms with Gasteiger partial charge in [-0.05, 0) is 30.0 Å². The van der Waals surface area contributed by atoms with Gasteiger partial charge in [0.1, 0.15) is 0 Å². The van der Waals surface area contributed by atoms with Gasteiger partial charge in [0, 0.05) is 11.6 Å². The second kappa shape index (κ2) is 6.57. The summed E-state index contributed by atoms with van der Waals surface area (Å²) in [5, 5.41) is 6.25. The molecule has 1 aliphatic heterocycles. The molecule has 0 bridgehead atoms. The average Bonchev–Trinajstić information content (AvgIpc) is 2.55. The molecule has 1 aromatic heterocycles. The molecule has 1 aliphatic rings. The summed E-state index contributed by atoms with van der Waals surface area (Å²) in [5.41, 5.74) is 2.50. The van der Waals surface area contributed by atoms with Crippen molar-refractivity contribution in [3.63, 3.8) is 0 Å². The maximum atomic E-state index is 4.96. The fourth-order valence-corrected chi connectivity index (χ4v) is 3.75. The van der Waals surface area contributed by atoms with Crippen molar-refractivity contribution >= 4 is 10.9 Å². The van der Waals surface area contributed by atoms with Gasteiger partial charge < -0.3 is 5.32 Å². The summed E-state index contributed by atoms with van der Waals surface area (Å²) >= 11 is 0. The highest BCUT2D eigenvalue weighted by atomic mass is 14.9. The van der Waals surface area contributed by atoms with Crippen molar-refractivity contribution in [1.29, 1.82) is 0 Å². The minimum absolute atomic E-state index is 0.489. The van der Waals surface area contributed by atoms with E-state index in [9.17, 15) is 0 Å². The smallest absolute Gasteiger partial charge is 0.0704 e. The molecule has 0 saturated carbocycles. The number of rotatable bonds is 4. The summed E-state index contributed by atoms with van der Waals surface area (Å²) in [5.74, 6) is 1.66. The van der Waals surface area contributed by atoms with Crippen molar-refractivity contribution in [1.82, 2.24) is 4.98 Å². The van der Waals surface area contributed by atoms with Crippen LogP contribution in [-0.4, -0.2) is 17.6 Å². The molecule has 21 heavy (non-hydrogen) atoms. The fourth-order valence-electron chi connectivity index (χ4n) is 3.75. The van der Waals surface area contributed by atoms with Gasteiger partial charge in [-0.25, -0.2) is 0 Å². The second-order valence-electron chi connectivity index (χ2n) is 6.28. The van der Waals surface area contributed by atoms with Crippen LogP contribution < -0.4 is 0 Å². The average molecular weight is 281 g/mol. The number of nitrogens with zero attached hydrogens (tertiary/aromatic N) is 2. The molecule has 3 atom stereocenters. The van der Waals surface area contributed by atoms with Gasteiger partial charge >= 0.3 is 0 Å². The van der Waals surface area contributed by atoms with E-state index in [0.717, 1.165) is 30.3 Å². The Bertz CT molecular complexity index is 588. The first kappa shape index (κ1) is 14.5. The Hall–Kier alpha value is -1.41. The van der Waals surface area contributed by atoms with Gasteiger partial charge in [0.25, 0.3) is 0 Å². The predicted molar refractivity (Wildman–Crippen MR) is 89.6 cm³/mol. The lowest BCUT2D eigenvalue weighted by Gasteiger charge is -2.46. The van der Waals surface area contributed by atoms with E-state index in [1.807, 2.05) is 6.20 Å². The molecule has 1 fully saturated rings. The normalized spacial score (nSPS) is 26.1. The molecule has 2 nitrogen and oxygen atoms in total. The van der Waals surface area contributed by atoms with E-state index >= 15 is 0 Å². The number of pyridine rings is 1. The van der Waals surface area contributed by atoms with E-state index in [0.29, 0.717) is 6.04 Å². The van der Waals surface area contributed by atoms with Crippen molar-refractivity contribution in [2.24, 2.45) is 11.8 Å². The van der Waals surface area contributed by atoms with E-state index < -0.39 is 0 Å². The molecular weight excluding hydrogens is 256 g/mol. The molecule has 2 heteroatoms. The highest BCUT2D eigenvalue weighted by molar-refractivity contribution is 5.81. The first-order valence-corrected chi connectivity index (χ1v) is 8.31. The van der Waals surface area contributed by atoms with Crippen LogP contribution in [0.4, 0.5) is 0 Å². The molecular formula is C19H25N2-. The lowest BCUT2D eigenvalue weighted by molar-refractivity contribution is 0.263. The third-order valence-corrected chi connectivity index (χ3v) is 5.08. The summed E-state index contributed by atoms with van der Waals surface area (Å²) in [4.78, 5) is 4.46. The summed E-state index contributed by atoms with van der Waals surface area (Å²) < 4.78 is 0. The molecule has 1 saturated heterocycles. The molecule has 112 valence electrons. The molecule has 3 rings (SSSR count). The molecule has 0 radical (unpaired) electrons. The second-order valence-corrected chi connectivity index (χ2v) is 6.28. The quantitative estimate of drug-likeness (QED) is 0.776. The zero-order valence-electron chi connectivity index (χ0n) is 13.1. The number of hydrogen-bond donors (Lipinski definition) is 0. The fraction of sp³-hybridized carbons (Fsp3) is 0.526. The van der Waals surface area contributed by atoms with Gasteiger partial charge in [0.15, 0.2) is 0 Å². The van der Waals surface area contributed by atoms with Gasteiger partial charge in [0.05, 0.1) is 5.52 Å². The van der Waals surface area contributed by atoms with E-state index in [4.69, 9.17) is 5.32 Å². The van der Waals surface area contributed by atoms with Crippen LogP contribution in [0.15, 0.2) is 36.5 Å². The van der Waals surface area contributed by atoms with E-state index in [1.165, 1.54) is 30.2 Å². The summed E-state index contributed by atoms with van der Waals surface area (Å²) in [6, 6.07) is 11.1. The maximum absolute atomic E-state index is 4.96. The molecule has 0 unspecified atom stereocenters. The van der Waals surface area contributed by atoms with Crippen molar-refractivity contribution in [3.8, 4) is 0 Å². The van der Waals surface area contributed by atoms with Crippen LogP contribution in [0.25, 0.3) is 16.2 Å². The molecule has 2 heterocycles. The van der Waals surface area contributed by atoms with Gasteiger partial charge in [0.2, 0.25) is 0 Å². The van der Waals surface area contributed by atoms with Crippen molar-refractivity contribution < 1.29 is 0 Å². The third-order valence-electron chi connectivity index (χ3n) is 5.08. The van der Waals surface area contributed by atoms with E-state index in [1.54, 1.807) is 0 Å². The zero-order chi connectivity index (χ0) is 14.7. The standard InChI is InChI=1S/C19H25N2/c1-3-14-11-17(21-13-15(14)4-2)12-16-9-10-20-19-8-6-5-7-18(16)19/h5-10,14-15,17H,3-4,11-13H2,1-2H3/q-1/t14-,15-,17+/m0/s1. The van der Waals surface area contributed by atoms with Gasteiger partial charge in [-0.2, -0.15) is 0 Å². The van der Waals surface area contributed by atoms with Gasteiger partial charge in [-0.1, -0.05) is 57.2 Å². The van der Waals surface area contributed by atoms with Crippen LogP contribution in [-0.2, 0) is 6.42 Å². The minimum Gasteiger partial charge on any atom is -0.659 e. The van der Waals surface area contributed by atoms with Crippen LogP contribution in [0.1, 0.15) is 38.7 Å². The lowest BCUT2D eigenvalue weighted by Crippen LogP contribution is -2.30. The van der Waals surface area contributed by atoms with E-state index in [-0.39, 0.29) is 0 Å². The number of piperidine rings is 1. The number of aromatic nitrogens is 1. The third kappa shape index (κ3) is 3.11. The van der Waals surface area contributed by atoms with Crippen molar-refractivity contribution in [3.05, 3.63) is 47.4 Å². The predicted octanol–water partition coefficient (Wildman–Crippen LogP) is 4.98. The molecule has 2 aromatic rings. The Balaban J connectivity index is 1.77. The first-order valence-electron chi connectivity index (χ1n) is 8.31. The van der Waals surface area contributed by atoms with E-state index in [2.05, 4.69) is 49.2 Å². The van der Waals surface area contributed by atoms with Gasteiger partial charge in [-0.15, -0.1) is 12.6 Å². The maximum Gasteiger partial charge on any atom is 0.0704 e. The van der Waals surface area contributed by atoms with Gasteiger partial charge in [-0.3, -0.25) is 4.98 Å². The number of hydrogen-bond acceptors (Lipinski definition) is 1. The van der Waals surface area contributed by atoms with Crippen molar-refractivity contribution in [2.45, 2.75) is 45.6 Å². The molecule has 1 aromatic carbocycles.